The number of piperidine rings is 1. The average molecular weight is 443 g/mol. The van der Waals surface area contributed by atoms with Gasteiger partial charge in [0.05, 0.1) is 21.8 Å². The Bertz CT molecular complexity index is 1010. The monoisotopic (exact) mass is 442 g/mol. The fourth-order valence-corrected chi connectivity index (χ4v) is 5.09. The number of thiazole rings is 1. The Labute approximate surface area is 186 Å². The van der Waals surface area contributed by atoms with Crippen molar-refractivity contribution >= 4 is 44.7 Å². The number of hydrogen-bond acceptors (Lipinski definition) is 5. The first-order chi connectivity index (χ1) is 14.5. The minimum absolute atomic E-state index is 0.0831. The molecule has 1 fully saturated rings. The van der Waals surface area contributed by atoms with E-state index in [9.17, 15) is 4.79 Å². The maximum atomic E-state index is 12.4. The fraction of sp³-hybridized carbons (Fsp3) is 0.391. The first-order valence-corrected chi connectivity index (χ1v) is 11.5. The Morgan fingerprint density at radius 3 is 2.63 bits per heavy atom. The second-order valence-corrected chi connectivity index (χ2v) is 9.55. The lowest BCUT2D eigenvalue weighted by Crippen LogP contribution is -2.41. The summed E-state index contributed by atoms with van der Waals surface area (Å²) in [4.78, 5) is 21.5. The molecule has 0 spiro atoms. The number of likely N-dealkylation sites (tertiary alicyclic amines) is 1. The fourth-order valence-electron chi connectivity index (χ4n) is 3.80. The summed E-state index contributed by atoms with van der Waals surface area (Å²) in [5, 5.41) is 4.97. The third-order valence-corrected chi connectivity index (χ3v) is 7.05. The lowest BCUT2D eigenvalue weighted by molar-refractivity contribution is -0.122. The van der Waals surface area contributed by atoms with E-state index in [4.69, 9.17) is 16.6 Å². The van der Waals surface area contributed by atoms with Crippen molar-refractivity contribution in [3.63, 3.8) is 0 Å². The molecule has 1 aliphatic heterocycles. The highest BCUT2D eigenvalue weighted by molar-refractivity contribution is 7.18. The minimum atomic E-state index is 0.0831. The average Bonchev–Trinajstić information content (AvgIpc) is 3.16. The SMILES string of the molecule is CN(C)c1ccc(CNC(=O)CN2CCC(c3nc4cc(Cl)ccc4s3)CC2)cc1. The van der Waals surface area contributed by atoms with E-state index < -0.39 is 0 Å². The number of benzene rings is 2. The van der Waals surface area contributed by atoms with E-state index in [0.717, 1.165) is 47.7 Å². The molecule has 2 aromatic carbocycles. The second kappa shape index (κ2) is 9.33. The van der Waals surface area contributed by atoms with Gasteiger partial charge in [0.15, 0.2) is 0 Å². The van der Waals surface area contributed by atoms with Gasteiger partial charge >= 0.3 is 0 Å². The van der Waals surface area contributed by atoms with Crippen molar-refractivity contribution in [2.75, 3.05) is 38.6 Å². The molecule has 0 bridgehead atoms. The maximum Gasteiger partial charge on any atom is 0.234 e. The van der Waals surface area contributed by atoms with E-state index in [1.165, 1.54) is 9.71 Å². The summed E-state index contributed by atoms with van der Waals surface area (Å²) in [5.74, 6) is 0.551. The first kappa shape index (κ1) is 21.1. The van der Waals surface area contributed by atoms with Gasteiger partial charge < -0.3 is 10.2 Å². The lowest BCUT2D eigenvalue weighted by atomic mass is 9.97. The van der Waals surface area contributed by atoms with Gasteiger partial charge in [-0.05, 0) is 61.8 Å². The number of amides is 1. The highest BCUT2D eigenvalue weighted by atomic mass is 35.5. The van der Waals surface area contributed by atoms with Gasteiger partial charge in [0.25, 0.3) is 0 Å². The number of fused-ring (bicyclic) bond motifs is 1. The van der Waals surface area contributed by atoms with E-state index in [-0.39, 0.29) is 5.91 Å². The van der Waals surface area contributed by atoms with Crippen LogP contribution in [0.15, 0.2) is 42.5 Å². The molecule has 0 radical (unpaired) electrons. The summed E-state index contributed by atoms with van der Waals surface area (Å²) in [7, 11) is 4.04. The molecule has 0 atom stereocenters. The number of carbonyl (C=O) groups is 1. The van der Waals surface area contributed by atoms with Crippen LogP contribution in [0.4, 0.5) is 5.69 Å². The quantitative estimate of drug-likeness (QED) is 0.610. The van der Waals surface area contributed by atoms with Gasteiger partial charge in [-0.1, -0.05) is 23.7 Å². The number of hydrogen-bond donors (Lipinski definition) is 1. The number of carbonyl (C=O) groups excluding carboxylic acids is 1. The van der Waals surface area contributed by atoms with Crippen molar-refractivity contribution in [3.8, 4) is 0 Å². The summed E-state index contributed by atoms with van der Waals surface area (Å²) in [6, 6.07) is 14.2. The van der Waals surface area contributed by atoms with Gasteiger partial charge in [-0.3, -0.25) is 9.69 Å². The molecule has 30 heavy (non-hydrogen) atoms. The van der Waals surface area contributed by atoms with E-state index >= 15 is 0 Å². The highest BCUT2D eigenvalue weighted by Gasteiger charge is 2.24. The third kappa shape index (κ3) is 5.12. The smallest absolute Gasteiger partial charge is 0.234 e. The van der Waals surface area contributed by atoms with Crippen LogP contribution in [0.5, 0.6) is 0 Å². The number of anilines is 1. The second-order valence-electron chi connectivity index (χ2n) is 8.05. The van der Waals surface area contributed by atoms with Gasteiger partial charge in [0.2, 0.25) is 5.91 Å². The Morgan fingerprint density at radius 2 is 1.93 bits per heavy atom. The number of rotatable bonds is 6. The van der Waals surface area contributed by atoms with Gasteiger partial charge in [0, 0.05) is 37.3 Å². The normalized spacial score (nSPS) is 15.4. The van der Waals surface area contributed by atoms with E-state index in [2.05, 4.69) is 39.4 Å². The minimum Gasteiger partial charge on any atom is -0.378 e. The van der Waals surface area contributed by atoms with Crippen LogP contribution in [-0.4, -0.2) is 49.5 Å². The van der Waals surface area contributed by atoms with Crippen molar-refractivity contribution in [3.05, 3.63) is 58.1 Å². The van der Waals surface area contributed by atoms with E-state index in [1.807, 2.05) is 32.3 Å². The number of halogens is 1. The molecule has 1 aromatic heterocycles. The zero-order valence-electron chi connectivity index (χ0n) is 17.4. The van der Waals surface area contributed by atoms with Gasteiger partial charge in [-0.15, -0.1) is 11.3 Å². The van der Waals surface area contributed by atoms with Crippen LogP contribution < -0.4 is 10.2 Å². The van der Waals surface area contributed by atoms with Gasteiger partial charge in [0.1, 0.15) is 0 Å². The molecule has 0 aliphatic carbocycles. The highest BCUT2D eigenvalue weighted by Crippen LogP contribution is 2.34. The molecular weight excluding hydrogens is 416 g/mol. The molecule has 1 amide bonds. The van der Waals surface area contributed by atoms with Crippen LogP contribution in [0.3, 0.4) is 0 Å². The maximum absolute atomic E-state index is 12.4. The topological polar surface area (TPSA) is 48.5 Å². The van der Waals surface area contributed by atoms with E-state index in [0.29, 0.717) is 19.0 Å². The van der Waals surface area contributed by atoms with Crippen molar-refractivity contribution in [1.29, 1.82) is 0 Å². The van der Waals surface area contributed by atoms with Gasteiger partial charge in [-0.2, -0.15) is 0 Å². The Morgan fingerprint density at radius 1 is 1.20 bits per heavy atom. The molecule has 158 valence electrons. The standard InChI is InChI=1S/C23H27ClN4OS/c1-27(2)19-6-3-16(4-7-19)14-25-22(29)15-28-11-9-17(10-12-28)23-26-20-13-18(24)5-8-21(20)30-23/h3-8,13,17H,9-12,14-15H2,1-2H3,(H,25,29). The zero-order chi connectivity index (χ0) is 21.1. The van der Waals surface area contributed by atoms with Crippen LogP contribution in [-0.2, 0) is 11.3 Å². The number of nitrogens with zero attached hydrogens (tertiary/aromatic N) is 3. The summed E-state index contributed by atoms with van der Waals surface area (Å²) in [6.45, 7) is 2.87. The molecule has 1 aliphatic rings. The summed E-state index contributed by atoms with van der Waals surface area (Å²) in [6.07, 6.45) is 2.07. The van der Waals surface area contributed by atoms with Crippen LogP contribution in [0, 0.1) is 0 Å². The number of aromatic nitrogens is 1. The molecule has 1 saturated heterocycles. The molecule has 2 heterocycles. The molecule has 7 heteroatoms. The largest absolute Gasteiger partial charge is 0.378 e. The first-order valence-electron chi connectivity index (χ1n) is 10.3. The third-order valence-electron chi connectivity index (χ3n) is 5.61. The summed E-state index contributed by atoms with van der Waals surface area (Å²) < 4.78 is 1.19. The molecule has 1 N–H and O–H groups in total. The molecule has 5 nitrogen and oxygen atoms in total. The van der Waals surface area contributed by atoms with Crippen molar-refractivity contribution in [1.82, 2.24) is 15.2 Å². The van der Waals surface area contributed by atoms with Crippen LogP contribution >= 0.6 is 22.9 Å². The van der Waals surface area contributed by atoms with E-state index in [1.54, 1.807) is 11.3 Å². The predicted octanol–water partition coefficient (Wildman–Crippen LogP) is 4.51. The Balaban J connectivity index is 1.24. The van der Waals surface area contributed by atoms with Crippen LogP contribution in [0.1, 0.15) is 29.3 Å². The summed E-state index contributed by atoms with van der Waals surface area (Å²) in [5.41, 5.74) is 3.26. The lowest BCUT2D eigenvalue weighted by Gasteiger charge is -2.30. The molecule has 0 saturated carbocycles. The molecular formula is C23H27ClN4OS. The Kier molecular flexibility index (Phi) is 6.56. The van der Waals surface area contributed by atoms with Gasteiger partial charge in [-0.25, -0.2) is 4.98 Å². The molecule has 0 unspecified atom stereocenters. The molecule has 4 rings (SSSR count). The van der Waals surface area contributed by atoms with Crippen LogP contribution in [0.25, 0.3) is 10.2 Å². The van der Waals surface area contributed by atoms with Crippen molar-refractivity contribution < 1.29 is 4.79 Å². The number of nitrogens with one attached hydrogen (secondary N) is 1. The zero-order valence-corrected chi connectivity index (χ0v) is 19.0. The van der Waals surface area contributed by atoms with Crippen molar-refractivity contribution in [2.45, 2.75) is 25.3 Å². The van der Waals surface area contributed by atoms with Crippen molar-refractivity contribution in [2.24, 2.45) is 0 Å². The Hall–Kier alpha value is -2.15. The molecule has 3 aromatic rings. The summed E-state index contributed by atoms with van der Waals surface area (Å²) >= 11 is 7.85. The van der Waals surface area contributed by atoms with Crippen LogP contribution in [0.2, 0.25) is 5.02 Å². The predicted molar refractivity (Wildman–Crippen MR) is 126 cm³/mol.